The van der Waals surface area contributed by atoms with Gasteiger partial charge in [-0.2, -0.15) is 0 Å². The van der Waals surface area contributed by atoms with Crippen LogP contribution < -0.4 is 0 Å². The fourth-order valence-corrected chi connectivity index (χ4v) is 2.32. The molecule has 0 fully saturated rings. The summed E-state index contributed by atoms with van der Waals surface area (Å²) in [6.45, 7) is 1.79. The predicted octanol–water partition coefficient (Wildman–Crippen LogP) is 3.86. The van der Waals surface area contributed by atoms with E-state index in [-0.39, 0.29) is 5.38 Å². The van der Waals surface area contributed by atoms with E-state index in [2.05, 4.69) is 26.1 Å². The van der Waals surface area contributed by atoms with Gasteiger partial charge >= 0.3 is 0 Å². The van der Waals surface area contributed by atoms with Crippen molar-refractivity contribution in [2.75, 3.05) is 0 Å². The normalized spacial score (nSPS) is 13.1. The van der Waals surface area contributed by atoms with Crippen LogP contribution in [0.1, 0.15) is 18.2 Å². The third-order valence-corrected chi connectivity index (χ3v) is 3.36. The maximum Gasteiger partial charge on any atom is 0.257 e. The van der Waals surface area contributed by atoms with E-state index in [9.17, 15) is 0 Å². The van der Waals surface area contributed by atoms with Gasteiger partial charge in [-0.1, -0.05) is 0 Å². The Morgan fingerprint density at radius 2 is 2.29 bits per heavy atom. The Balaban J connectivity index is 2.33. The highest BCUT2D eigenvalue weighted by molar-refractivity contribution is 9.11. The first-order valence-corrected chi connectivity index (χ1v) is 5.94. The molecular weight excluding hydrogens is 288 g/mol. The maximum absolute atomic E-state index is 5.81. The predicted molar refractivity (Wildman–Crippen MR) is 59.6 cm³/mol. The molecule has 0 N–H and O–H groups in total. The Kier molecular flexibility index (Phi) is 2.90. The molecule has 1 unspecified atom stereocenters. The van der Waals surface area contributed by atoms with Crippen LogP contribution in [0.15, 0.2) is 20.3 Å². The molecule has 2 aromatic rings. The summed E-state index contributed by atoms with van der Waals surface area (Å²) in [6, 6.07) is 3.86. The van der Waals surface area contributed by atoms with Crippen molar-refractivity contribution in [1.29, 1.82) is 0 Å². The van der Waals surface area contributed by atoms with E-state index in [0.717, 1.165) is 8.66 Å². The molecule has 3 nitrogen and oxygen atoms in total. The minimum Gasteiger partial charge on any atom is -0.418 e. The molecule has 14 heavy (non-hydrogen) atoms. The molecular formula is C8H6BrClN2OS. The van der Waals surface area contributed by atoms with Crippen LogP contribution >= 0.6 is 38.9 Å². The molecule has 0 aliphatic rings. The SMILES string of the molecule is CC(Cl)c1nnc(-c2ccc(Br)s2)o1. The number of aromatic nitrogens is 2. The second kappa shape index (κ2) is 4.00. The number of thiophene rings is 1. The van der Waals surface area contributed by atoms with E-state index >= 15 is 0 Å². The molecule has 0 saturated carbocycles. The average Bonchev–Trinajstić information content (AvgIpc) is 2.70. The van der Waals surface area contributed by atoms with Crippen LogP contribution in [0, 0.1) is 0 Å². The number of hydrogen-bond acceptors (Lipinski definition) is 4. The van der Waals surface area contributed by atoms with Crippen LogP contribution in [0.2, 0.25) is 0 Å². The zero-order valence-corrected chi connectivity index (χ0v) is 10.4. The van der Waals surface area contributed by atoms with Crippen LogP contribution in [0.5, 0.6) is 0 Å². The lowest BCUT2D eigenvalue weighted by Crippen LogP contribution is -1.81. The van der Waals surface area contributed by atoms with Crippen LogP contribution in [0.3, 0.4) is 0 Å². The second-order valence-electron chi connectivity index (χ2n) is 2.67. The molecule has 0 aliphatic heterocycles. The lowest BCUT2D eigenvalue weighted by molar-refractivity contribution is 0.508. The summed E-state index contributed by atoms with van der Waals surface area (Å²) in [4.78, 5) is 0.938. The Hall–Kier alpha value is -0.390. The van der Waals surface area contributed by atoms with Crippen molar-refractivity contribution in [2.45, 2.75) is 12.3 Å². The molecule has 0 amide bonds. The molecule has 74 valence electrons. The number of nitrogens with zero attached hydrogens (tertiary/aromatic N) is 2. The van der Waals surface area contributed by atoms with E-state index in [4.69, 9.17) is 16.0 Å². The Morgan fingerprint density at radius 1 is 1.50 bits per heavy atom. The van der Waals surface area contributed by atoms with Gasteiger partial charge in [0.15, 0.2) is 0 Å². The minimum absolute atomic E-state index is 0.250. The fraction of sp³-hybridized carbons (Fsp3) is 0.250. The van der Waals surface area contributed by atoms with E-state index in [1.165, 1.54) is 0 Å². The van der Waals surface area contributed by atoms with Gasteiger partial charge in [0.05, 0.1) is 8.66 Å². The van der Waals surface area contributed by atoms with Crippen molar-refractivity contribution < 1.29 is 4.42 Å². The van der Waals surface area contributed by atoms with Gasteiger partial charge in [-0.3, -0.25) is 0 Å². The van der Waals surface area contributed by atoms with Crippen LogP contribution in [0.4, 0.5) is 0 Å². The molecule has 0 spiro atoms. The highest BCUT2D eigenvalue weighted by Crippen LogP contribution is 2.31. The van der Waals surface area contributed by atoms with Gasteiger partial charge in [-0.25, -0.2) is 0 Å². The zero-order chi connectivity index (χ0) is 10.1. The number of alkyl halides is 1. The minimum atomic E-state index is -0.250. The topological polar surface area (TPSA) is 38.9 Å². The smallest absolute Gasteiger partial charge is 0.257 e. The van der Waals surface area contributed by atoms with Gasteiger partial charge in [-0.15, -0.1) is 33.1 Å². The van der Waals surface area contributed by atoms with Gasteiger partial charge in [0.25, 0.3) is 5.89 Å². The third kappa shape index (κ3) is 1.99. The molecule has 1 atom stereocenters. The van der Waals surface area contributed by atoms with E-state index < -0.39 is 0 Å². The van der Waals surface area contributed by atoms with Crippen molar-refractivity contribution in [3.8, 4) is 10.8 Å². The molecule has 0 aliphatic carbocycles. The lowest BCUT2D eigenvalue weighted by Gasteiger charge is -1.91. The highest BCUT2D eigenvalue weighted by Gasteiger charge is 2.13. The molecule has 0 radical (unpaired) electrons. The van der Waals surface area contributed by atoms with Crippen LogP contribution in [0.25, 0.3) is 10.8 Å². The maximum atomic E-state index is 5.81. The number of halogens is 2. The summed E-state index contributed by atoms with van der Waals surface area (Å²) in [5.74, 6) is 0.967. The third-order valence-electron chi connectivity index (χ3n) is 1.56. The Morgan fingerprint density at radius 3 is 2.79 bits per heavy atom. The van der Waals surface area contributed by atoms with Gasteiger partial charge in [0.1, 0.15) is 5.38 Å². The summed E-state index contributed by atoms with van der Waals surface area (Å²) in [6.07, 6.45) is 0. The lowest BCUT2D eigenvalue weighted by atomic mass is 10.5. The summed E-state index contributed by atoms with van der Waals surface area (Å²) < 4.78 is 6.41. The quantitative estimate of drug-likeness (QED) is 0.789. The first kappa shape index (κ1) is 10.1. The van der Waals surface area contributed by atoms with Crippen molar-refractivity contribution in [2.24, 2.45) is 0 Å². The first-order chi connectivity index (χ1) is 6.66. The van der Waals surface area contributed by atoms with E-state index in [1.807, 2.05) is 12.1 Å². The monoisotopic (exact) mass is 292 g/mol. The van der Waals surface area contributed by atoms with Gasteiger partial charge in [0, 0.05) is 0 Å². The van der Waals surface area contributed by atoms with Crippen molar-refractivity contribution in [3.63, 3.8) is 0 Å². The summed E-state index contributed by atoms with van der Waals surface area (Å²) in [7, 11) is 0. The van der Waals surface area contributed by atoms with Gasteiger partial charge < -0.3 is 4.42 Å². The molecule has 2 rings (SSSR count). The second-order valence-corrected chi connectivity index (χ2v) is 5.78. The molecule has 0 bridgehead atoms. The standard InChI is InChI=1S/C8H6BrClN2OS/c1-4(10)7-11-12-8(13-7)5-2-3-6(9)14-5/h2-4H,1H3. The van der Waals surface area contributed by atoms with Crippen LogP contribution in [-0.4, -0.2) is 10.2 Å². The van der Waals surface area contributed by atoms with Crippen molar-refractivity contribution in [1.82, 2.24) is 10.2 Å². The van der Waals surface area contributed by atoms with Gasteiger partial charge in [0.2, 0.25) is 5.89 Å². The van der Waals surface area contributed by atoms with E-state index in [0.29, 0.717) is 11.8 Å². The first-order valence-electron chi connectivity index (χ1n) is 3.90. The van der Waals surface area contributed by atoms with Gasteiger partial charge in [-0.05, 0) is 35.0 Å². The highest BCUT2D eigenvalue weighted by atomic mass is 79.9. The Labute approximate surface area is 98.2 Å². The molecule has 6 heteroatoms. The number of rotatable bonds is 2. The summed E-state index contributed by atoms with van der Waals surface area (Å²) in [5.41, 5.74) is 0. The average molecular weight is 294 g/mol. The zero-order valence-electron chi connectivity index (χ0n) is 7.20. The summed E-state index contributed by atoms with van der Waals surface area (Å²) in [5, 5.41) is 7.50. The number of hydrogen-bond donors (Lipinski definition) is 0. The van der Waals surface area contributed by atoms with Crippen molar-refractivity contribution >= 4 is 38.9 Å². The van der Waals surface area contributed by atoms with E-state index in [1.54, 1.807) is 18.3 Å². The molecule has 0 aromatic carbocycles. The van der Waals surface area contributed by atoms with Crippen LogP contribution in [-0.2, 0) is 0 Å². The molecule has 2 aromatic heterocycles. The summed E-state index contributed by atoms with van der Waals surface area (Å²) >= 11 is 10.7. The Bertz CT molecular complexity index is 440. The largest absolute Gasteiger partial charge is 0.418 e. The fourth-order valence-electron chi connectivity index (χ4n) is 0.924. The molecule has 0 saturated heterocycles. The molecule has 2 heterocycles. The van der Waals surface area contributed by atoms with Crippen molar-refractivity contribution in [3.05, 3.63) is 21.8 Å².